The molecule has 2 aromatic carbocycles. The molecule has 1 heterocycles. The van der Waals surface area contributed by atoms with E-state index in [0.29, 0.717) is 15.9 Å². The molecule has 0 spiro atoms. The normalized spacial score (nSPS) is 14.0. The Bertz CT molecular complexity index is 796. The van der Waals surface area contributed by atoms with Crippen molar-refractivity contribution in [3.63, 3.8) is 0 Å². The van der Waals surface area contributed by atoms with Crippen molar-refractivity contribution in [1.29, 1.82) is 0 Å². The number of carbonyl (C=O) groups excluding carboxylic acids is 2. The summed E-state index contributed by atoms with van der Waals surface area (Å²) in [7, 11) is 0. The van der Waals surface area contributed by atoms with Crippen LogP contribution in [-0.2, 0) is 16.0 Å². The molecule has 0 radical (unpaired) electrons. The maximum Gasteiger partial charge on any atom is 0.276 e. The summed E-state index contributed by atoms with van der Waals surface area (Å²) in [5.74, 6) is 1.67. The van der Waals surface area contributed by atoms with Gasteiger partial charge >= 0.3 is 0 Å². The van der Waals surface area contributed by atoms with Gasteiger partial charge in [-0.25, -0.2) is 4.39 Å². The monoisotopic (exact) mass is 406 g/mol. The molecule has 0 bridgehead atoms. The van der Waals surface area contributed by atoms with Crippen molar-refractivity contribution in [3.05, 3.63) is 65.5 Å². The van der Waals surface area contributed by atoms with Gasteiger partial charge in [-0.15, -0.1) is 23.5 Å². The Balaban J connectivity index is 1.44. The fourth-order valence-electron chi connectivity index (χ4n) is 2.50. The lowest BCUT2D eigenvalue weighted by Crippen LogP contribution is -2.44. The van der Waals surface area contributed by atoms with Crippen LogP contribution < -0.4 is 15.6 Å². The number of para-hydroxylation sites is 1. The van der Waals surface area contributed by atoms with Crippen LogP contribution in [0.1, 0.15) is 15.7 Å². The molecule has 2 amide bonds. The van der Waals surface area contributed by atoms with E-state index in [-0.39, 0.29) is 18.8 Å². The van der Waals surface area contributed by atoms with E-state index < -0.39 is 11.8 Å². The van der Waals surface area contributed by atoms with Crippen molar-refractivity contribution in [2.45, 2.75) is 11.0 Å². The van der Waals surface area contributed by atoms with Gasteiger partial charge in [0.05, 0.1) is 11.0 Å². The number of benzene rings is 2. The standard InChI is InChI=1S/C19H19FN2O3S2/c20-14-7-5-13(6-8-14)11-17(23)21-22-18(24)12-25-16-4-2-1-3-15(16)19-26-9-10-27-19/h1-8,19H,9-12H2,(H,21,23)(H,22,24). The number of hydrogen-bond donors (Lipinski definition) is 2. The predicted octanol–water partition coefficient (Wildman–Crippen LogP) is 3.07. The van der Waals surface area contributed by atoms with Gasteiger partial charge in [0.1, 0.15) is 11.6 Å². The Hall–Kier alpha value is -2.19. The molecule has 2 N–H and O–H groups in total. The Morgan fingerprint density at radius 2 is 1.67 bits per heavy atom. The minimum absolute atomic E-state index is 0.0420. The summed E-state index contributed by atoms with van der Waals surface area (Å²) in [5, 5.41) is 0. The van der Waals surface area contributed by atoms with Gasteiger partial charge in [-0.1, -0.05) is 30.3 Å². The highest BCUT2D eigenvalue weighted by atomic mass is 32.2. The zero-order chi connectivity index (χ0) is 19.1. The SMILES string of the molecule is O=C(COc1ccccc1C1SCCS1)NNC(=O)Cc1ccc(F)cc1. The summed E-state index contributed by atoms with van der Waals surface area (Å²) in [6, 6.07) is 13.3. The van der Waals surface area contributed by atoms with Gasteiger partial charge in [0, 0.05) is 17.1 Å². The zero-order valence-corrected chi connectivity index (χ0v) is 16.1. The molecule has 8 heteroatoms. The number of carbonyl (C=O) groups is 2. The van der Waals surface area contributed by atoms with E-state index in [9.17, 15) is 14.0 Å². The van der Waals surface area contributed by atoms with E-state index in [1.807, 2.05) is 47.8 Å². The first-order chi connectivity index (χ1) is 13.1. The molecule has 1 aliphatic heterocycles. The summed E-state index contributed by atoms with van der Waals surface area (Å²) in [5.41, 5.74) is 6.38. The van der Waals surface area contributed by atoms with E-state index in [1.54, 1.807) is 0 Å². The van der Waals surface area contributed by atoms with Gasteiger partial charge in [0.2, 0.25) is 5.91 Å². The molecular weight excluding hydrogens is 387 g/mol. The third-order valence-corrected chi connectivity index (χ3v) is 6.84. The largest absolute Gasteiger partial charge is 0.483 e. The van der Waals surface area contributed by atoms with E-state index in [2.05, 4.69) is 10.9 Å². The first-order valence-electron chi connectivity index (χ1n) is 8.39. The molecule has 0 atom stereocenters. The minimum Gasteiger partial charge on any atom is -0.483 e. The van der Waals surface area contributed by atoms with E-state index in [4.69, 9.17) is 4.74 Å². The summed E-state index contributed by atoms with van der Waals surface area (Å²) in [4.78, 5) is 23.8. The number of ether oxygens (including phenoxy) is 1. The molecular formula is C19H19FN2O3S2. The third kappa shape index (κ3) is 5.90. The number of halogens is 1. The van der Waals surface area contributed by atoms with Crippen LogP contribution in [0.4, 0.5) is 4.39 Å². The third-order valence-electron chi connectivity index (χ3n) is 3.77. The highest BCUT2D eigenvalue weighted by Gasteiger charge is 2.21. The lowest BCUT2D eigenvalue weighted by molar-refractivity contribution is -0.129. The number of thioether (sulfide) groups is 2. The highest BCUT2D eigenvalue weighted by Crippen LogP contribution is 2.48. The van der Waals surface area contributed by atoms with E-state index >= 15 is 0 Å². The van der Waals surface area contributed by atoms with Crippen LogP contribution in [0.5, 0.6) is 5.75 Å². The molecule has 142 valence electrons. The Morgan fingerprint density at radius 3 is 2.41 bits per heavy atom. The maximum absolute atomic E-state index is 12.9. The Kier molecular flexibility index (Phi) is 7.00. The summed E-state index contributed by atoms with van der Waals surface area (Å²) in [6.07, 6.45) is 0.0420. The molecule has 0 saturated carbocycles. The van der Waals surface area contributed by atoms with Crippen LogP contribution in [0.3, 0.4) is 0 Å². The van der Waals surface area contributed by atoms with E-state index in [0.717, 1.165) is 17.1 Å². The quantitative estimate of drug-likeness (QED) is 0.722. The zero-order valence-electron chi connectivity index (χ0n) is 14.4. The second-order valence-electron chi connectivity index (χ2n) is 5.80. The fourth-order valence-corrected chi connectivity index (χ4v) is 5.40. The van der Waals surface area contributed by atoms with Crippen LogP contribution in [0, 0.1) is 5.82 Å². The number of hydrazine groups is 1. The number of amides is 2. The topological polar surface area (TPSA) is 67.4 Å². The van der Waals surface area contributed by atoms with E-state index in [1.165, 1.54) is 24.3 Å². The minimum atomic E-state index is -0.455. The lowest BCUT2D eigenvalue weighted by atomic mass is 10.1. The Labute approximate surface area is 165 Å². The van der Waals surface area contributed by atoms with Crippen LogP contribution in [0.25, 0.3) is 0 Å². The second kappa shape index (κ2) is 9.66. The average Bonchev–Trinajstić information content (AvgIpc) is 3.21. The van der Waals surface area contributed by atoms with Crippen LogP contribution >= 0.6 is 23.5 Å². The van der Waals surface area contributed by atoms with Gasteiger partial charge in [0.15, 0.2) is 6.61 Å². The molecule has 27 heavy (non-hydrogen) atoms. The fraction of sp³-hybridized carbons (Fsp3) is 0.263. The van der Waals surface area contributed by atoms with Crippen molar-refractivity contribution < 1.29 is 18.7 Å². The van der Waals surface area contributed by atoms with Crippen molar-refractivity contribution >= 4 is 35.3 Å². The number of rotatable bonds is 6. The van der Waals surface area contributed by atoms with Crippen molar-refractivity contribution in [2.24, 2.45) is 0 Å². The molecule has 3 rings (SSSR count). The van der Waals surface area contributed by atoms with Gasteiger partial charge in [-0.3, -0.25) is 20.4 Å². The molecule has 2 aromatic rings. The number of hydrogen-bond acceptors (Lipinski definition) is 5. The molecule has 1 saturated heterocycles. The predicted molar refractivity (Wildman–Crippen MR) is 106 cm³/mol. The maximum atomic E-state index is 12.9. The van der Waals surface area contributed by atoms with Gasteiger partial charge < -0.3 is 4.74 Å². The summed E-state index contributed by atoms with van der Waals surface area (Å²) in [6.45, 7) is -0.199. The molecule has 5 nitrogen and oxygen atoms in total. The van der Waals surface area contributed by atoms with Crippen molar-refractivity contribution in [3.8, 4) is 5.75 Å². The molecule has 0 aromatic heterocycles. The smallest absolute Gasteiger partial charge is 0.276 e. The number of nitrogens with one attached hydrogen (secondary N) is 2. The van der Waals surface area contributed by atoms with Gasteiger partial charge in [-0.05, 0) is 23.8 Å². The first-order valence-corrected chi connectivity index (χ1v) is 10.5. The van der Waals surface area contributed by atoms with Crippen molar-refractivity contribution in [2.75, 3.05) is 18.1 Å². The summed E-state index contributed by atoms with van der Waals surface area (Å²) >= 11 is 3.72. The van der Waals surface area contributed by atoms with Crippen LogP contribution in [0.2, 0.25) is 0 Å². The molecule has 0 unspecified atom stereocenters. The Morgan fingerprint density at radius 1 is 1.00 bits per heavy atom. The summed E-state index contributed by atoms with van der Waals surface area (Å²) < 4.78 is 18.8. The van der Waals surface area contributed by atoms with Gasteiger partial charge in [0.25, 0.3) is 5.91 Å². The van der Waals surface area contributed by atoms with Crippen molar-refractivity contribution in [1.82, 2.24) is 10.9 Å². The molecule has 0 aliphatic carbocycles. The second-order valence-corrected chi connectivity index (χ2v) is 8.52. The molecule has 1 fully saturated rings. The van der Waals surface area contributed by atoms with Gasteiger partial charge in [-0.2, -0.15) is 0 Å². The van der Waals surface area contributed by atoms with Crippen LogP contribution in [-0.4, -0.2) is 29.9 Å². The lowest BCUT2D eigenvalue weighted by Gasteiger charge is -2.15. The molecule has 1 aliphatic rings. The average molecular weight is 407 g/mol. The highest BCUT2D eigenvalue weighted by molar-refractivity contribution is 8.19. The van der Waals surface area contributed by atoms with Crippen LogP contribution in [0.15, 0.2) is 48.5 Å². The first kappa shape index (κ1) is 19.6.